The summed E-state index contributed by atoms with van der Waals surface area (Å²) in [6.07, 6.45) is -4.36. The normalized spacial score (nSPS) is 11.5. The average molecular weight is 216 g/mol. The topological polar surface area (TPSA) is 20.2 Å². The summed E-state index contributed by atoms with van der Waals surface area (Å²) in [5.74, 6) is -0.218. The van der Waals surface area contributed by atoms with E-state index in [-0.39, 0.29) is 11.3 Å². The molecule has 0 fully saturated rings. The molecule has 4 heteroatoms. The Hall–Kier alpha value is -1.45. The first-order chi connectivity index (χ1) is 6.73. The highest BCUT2D eigenvalue weighted by atomic mass is 19.4. The van der Waals surface area contributed by atoms with Gasteiger partial charge in [-0.3, -0.25) is 0 Å². The predicted molar refractivity (Wildman–Crippen MR) is 52.6 cm³/mol. The smallest absolute Gasteiger partial charge is 0.416 e. The summed E-state index contributed by atoms with van der Waals surface area (Å²) in [6, 6.07) is 2.31. The molecular formula is C11H11F3O. The van der Waals surface area contributed by atoms with Crippen molar-refractivity contribution < 1.29 is 18.3 Å². The number of aliphatic hydroxyl groups excluding tert-OH is 1. The summed E-state index contributed by atoms with van der Waals surface area (Å²) in [4.78, 5) is 0. The Morgan fingerprint density at radius 1 is 1.20 bits per heavy atom. The van der Waals surface area contributed by atoms with Crippen molar-refractivity contribution in [3.05, 3.63) is 41.0 Å². The van der Waals surface area contributed by atoms with Gasteiger partial charge in [0, 0.05) is 5.56 Å². The second kappa shape index (κ2) is 3.61. The third kappa shape index (κ3) is 2.32. The molecule has 1 rings (SSSR count). The highest BCUT2D eigenvalue weighted by molar-refractivity contribution is 5.61. The maximum Gasteiger partial charge on any atom is 0.416 e. The molecule has 0 atom stereocenters. The van der Waals surface area contributed by atoms with E-state index in [0.717, 1.165) is 6.07 Å². The third-order valence-electron chi connectivity index (χ3n) is 2.19. The Morgan fingerprint density at radius 3 is 2.13 bits per heavy atom. The Kier molecular flexibility index (Phi) is 2.79. The van der Waals surface area contributed by atoms with Gasteiger partial charge in [-0.25, -0.2) is 0 Å². The summed E-state index contributed by atoms with van der Waals surface area (Å²) in [6.45, 7) is 6.15. The molecule has 1 aromatic carbocycles. The van der Waals surface area contributed by atoms with Gasteiger partial charge in [0.15, 0.2) is 0 Å². The molecule has 0 saturated carbocycles. The summed E-state index contributed by atoms with van der Waals surface area (Å²) >= 11 is 0. The summed E-state index contributed by atoms with van der Waals surface area (Å²) in [5, 5.41) is 9.15. The van der Waals surface area contributed by atoms with Gasteiger partial charge in [0.25, 0.3) is 0 Å². The molecule has 1 nitrogen and oxygen atoms in total. The standard InChI is InChI=1S/C11H11F3O/c1-6-5-10(11(12,13)14)7(2)4-9(6)8(3)15/h4-5,15H,3H2,1-2H3. The van der Waals surface area contributed by atoms with Crippen LogP contribution in [0.25, 0.3) is 5.76 Å². The van der Waals surface area contributed by atoms with Crippen LogP contribution >= 0.6 is 0 Å². The highest BCUT2D eigenvalue weighted by Crippen LogP contribution is 2.34. The summed E-state index contributed by atoms with van der Waals surface area (Å²) in [7, 11) is 0. The van der Waals surface area contributed by atoms with Crippen LogP contribution in [0.15, 0.2) is 18.7 Å². The minimum atomic E-state index is -4.36. The van der Waals surface area contributed by atoms with Gasteiger partial charge in [-0.2, -0.15) is 13.2 Å². The Balaban J connectivity index is 3.39. The Labute approximate surface area is 85.9 Å². The molecule has 0 aliphatic carbocycles. The molecule has 0 radical (unpaired) electrons. The van der Waals surface area contributed by atoms with Gasteiger partial charge >= 0.3 is 6.18 Å². The molecule has 0 spiro atoms. The number of alkyl halides is 3. The van der Waals surface area contributed by atoms with Crippen LogP contribution in [0.1, 0.15) is 22.3 Å². The molecule has 0 amide bonds. The van der Waals surface area contributed by atoms with Crippen LogP contribution < -0.4 is 0 Å². The Morgan fingerprint density at radius 2 is 1.73 bits per heavy atom. The van der Waals surface area contributed by atoms with Crippen LogP contribution in [0.4, 0.5) is 13.2 Å². The number of aliphatic hydroxyl groups is 1. The minimum Gasteiger partial charge on any atom is -0.508 e. The molecule has 0 saturated heterocycles. The third-order valence-corrected chi connectivity index (χ3v) is 2.19. The van der Waals surface area contributed by atoms with Crippen molar-refractivity contribution in [1.29, 1.82) is 0 Å². The maximum absolute atomic E-state index is 12.5. The zero-order chi connectivity index (χ0) is 11.8. The fraction of sp³-hybridized carbons (Fsp3) is 0.273. The quantitative estimate of drug-likeness (QED) is 0.707. The molecule has 1 aromatic rings. The lowest BCUT2D eigenvalue weighted by Gasteiger charge is -2.13. The van der Waals surface area contributed by atoms with E-state index in [2.05, 4.69) is 6.58 Å². The molecule has 0 heterocycles. The summed E-state index contributed by atoms with van der Waals surface area (Å²) < 4.78 is 37.4. The first-order valence-electron chi connectivity index (χ1n) is 4.30. The Bertz CT molecular complexity index is 405. The van der Waals surface area contributed by atoms with Gasteiger partial charge < -0.3 is 5.11 Å². The molecule has 0 bridgehead atoms. The molecule has 1 N–H and O–H groups in total. The van der Waals surface area contributed by atoms with Crippen molar-refractivity contribution in [2.45, 2.75) is 20.0 Å². The average Bonchev–Trinajstić information content (AvgIpc) is 2.06. The zero-order valence-corrected chi connectivity index (χ0v) is 8.44. The number of halogens is 3. The molecule has 0 unspecified atom stereocenters. The highest BCUT2D eigenvalue weighted by Gasteiger charge is 2.32. The van der Waals surface area contributed by atoms with Crippen LogP contribution in [0, 0.1) is 13.8 Å². The van der Waals surface area contributed by atoms with E-state index >= 15 is 0 Å². The predicted octanol–water partition coefficient (Wildman–Crippen LogP) is 3.85. The van der Waals surface area contributed by atoms with E-state index in [1.807, 2.05) is 0 Å². The molecule has 15 heavy (non-hydrogen) atoms. The van der Waals surface area contributed by atoms with Crippen molar-refractivity contribution in [2.24, 2.45) is 0 Å². The van der Waals surface area contributed by atoms with Gasteiger partial charge in [-0.1, -0.05) is 6.58 Å². The van der Waals surface area contributed by atoms with Gasteiger partial charge in [-0.05, 0) is 37.1 Å². The molecule has 0 aliphatic rings. The van der Waals surface area contributed by atoms with E-state index in [1.54, 1.807) is 0 Å². The van der Waals surface area contributed by atoms with E-state index in [1.165, 1.54) is 19.9 Å². The SMILES string of the molecule is C=C(O)c1cc(C)c(C(F)(F)F)cc1C. The van der Waals surface area contributed by atoms with Gasteiger partial charge in [0.1, 0.15) is 5.76 Å². The largest absolute Gasteiger partial charge is 0.508 e. The molecule has 82 valence electrons. The first kappa shape index (κ1) is 11.6. The van der Waals surface area contributed by atoms with Crippen molar-refractivity contribution in [2.75, 3.05) is 0 Å². The van der Waals surface area contributed by atoms with Gasteiger partial charge in [-0.15, -0.1) is 0 Å². The number of hydrogen-bond donors (Lipinski definition) is 1. The van der Waals surface area contributed by atoms with Crippen LogP contribution in [-0.4, -0.2) is 5.11 Å². The van der Waals surface area contributed by atoms with Gasteiger partial charge in [0.2, 0.25) is 0 Å². The monoisotopic (exact) mass is 216 g/mol. The van der Waals surface area contributed by atoms with Crippen LogP contribution in [0.2, 0.25) is 0 Å². The molecule has 0 aliphatic heterocycles. The lowest BCUT2D eigenvalue weighted by Crippen LogP contribution is -2.08. The van der Waals surface area contributed by atoms with Crippen LogP contribution in [0.5, 0.6) is 0 Å². The zero-order valence-electron chi connectivity index (χ0n) is 8.44. The number of aryl methyl sites for hydroxylation is 2. The number of benzene rings is 1. The first-order valence-corrected chi connectivity index (χ1v) is 4.30. The maximum atomic E-state index is 12.5. The fourth-order valence-corrected chi connectivity index (χ4v) is 1.43. The number of hydrogen-bond acceptors (Lipinski definition) is 1. The van der Waals surface area contributed by atoms with E-state index in [0.29, 0.717) is 11.1 Å². The van der Waals surface area contributed by atoms with Crippen molar-refractivity contribution >= 4 is 5.76 Å². The minimum absolute atomic E-state index is 0.0818. The fourth-order valence-electron chi connectivity index (χ4n) is 1.43. The van der Waals surface area contributed by atoms with Crippen LogP contribution in [-0.2, 0) is 6.18 Å². The molecule has 0 aromatic heterocycles. The molecular weight excluding hydrogens is 205 g/mol. The second-order valence-corrected chi connectivity index (χ2v) is 3.43. The van der Waals surface area contributed by atoms with Crippen molar-refractivity contribution in [1.82, 2.24) is 0 Å². The lowest BCUT2D eigenvalue weighted by molar-refractivity contribution is -0.138. The van der Waals surface area contributed by atoms with Crippen molar-refractivity contribution in [3.8, 4) is 0 Å². The van der Waals surface area contributed by atoms with E-state index < -0.39 is 11.7 Å². The van der Waals surface area contributed by atoms with Crippen LogP contribution in [0.3, 0.4) is 0 Å². The van der Waals surface area contributed by atoms with E-state index in [9.17, 15) is 13.2 Å². The van der Waals surface area contributed by atoms with Crippen molar-refractivity contribution in [3.63, 3.8) is 0 Å². The van der Waals surface area contributed by atoms with Gasteiger partial charge in [0.05, 0.1) is 5.56 Å². The van der Waals surface area contributed by atoms with E-state index in [4.69, 9.17) is 5.11 Å². The second-order valence-electron chi connectivity index (χ2n) is 3.43. The summed E-state index contributed by atoms with van der Waals surface area (Å²) in [5.41, 5.74) is 0.115. The number of rotatable bonds is 1. The lowest BCUT2D eigenvalue weighted by atomic mass is 9.99.